The van der Waals surface area contributed by atoms with E-state index in [0.29, 0.717) is 30.0 Å². The molecular formula is C20H23F2N7O3. The lowest BCUT2D eigenvalue weighted by Gasteiger charge is -2.36. The van der Waals surface area contributed by atoms with Crippen LogP contribution < -0.4 is 31.7 Å². The van der Waals surface area contributed by atoms with E-state index in [9.17, 15) is 18.4 Å². The van der Waals surface area contributed by atoms with Crippen LogP contribution in [0.2, 0.25) is 0 Å². The number of nitrogens with two attached hydrogens (primary N) is 2. The molecule has 1 fully saturated rings. The fourth-order valence-corrected chi connectivity index (χ4v) is 3.76. The van der Waals surface area contributed by atoms with E-state index in [4.69, 9.17) is 16.2 Å². The summed E-state index contributed by atoms with van der Waals surface area (Å²) in [6, 6.07) is 2.91. The van der Waals surface area contributed by atoms with Gasteiger partial charge < -0.3 is 31.7 Å². The van der Waals surface area contributed by atoms with Gasteiger partial charge in [-0.05, 0) is 31.0 Å². The number of ether oxygens (including phenoxy) is 1. The second-order valence-electron chi connectivity index (χ2n) is 7.80. The smallest absolute Gasteiger partial charge is 0.271 e. The number of nitrogens with zero attached hydrogens (tertiary/aromatic N) is 3. The third kappa shape index (κ3) is 4.13. The van der Waals surface area contributed by atoms with Gasteiger partial charge in [-0.25, -0.2) is 18.7 Å². The molecule has 1 aromatic carbocycles. The molecule has 4 rings (SSSR count). The molecule has 170 valence electrons. The number of amides is 2. The van der Waals surface area contributed by atoms with Gasteiger partial charge in [-0.2, -0.15) is 0 Å². The van der Waals surface area contributed by atoms with Crippen LogP contribution >= 0.6 is 0 Å². The van der Waals surface area contributed by atoms with Crippen molar-refractivity contribution in [3.63, 3.8) is 0 Å². The van der Waals surface area contributed by atoms with Gasteiger partial charge in [0.25, 0.3) is 17.7 Å². The highest BCUT2D eigenvalue weighted by molar-refractivity contribution is 5.99. The van der Waals surface area contributed by atoms with Gasteiger partial charge in [0.1, 0.15) is 11.6 Å². The number of nitrogens with one attached hydrogen (secondary N) is 2. The predicted octanol–water partition coefficient (Wildman–Crippen LogP) is 1.60. The van der Waals surface area contributed by atoms with Gasteiger partial charge in [-0.1, -0.05) is 0 Å². The van der Waals surface area contributed by atoms with Crippen molar-refractivity contribution in [3.05, 3.63) is 30.1 Å². The SMILES string of the molecule is CN1C(=O)COc2ccc(Nc3nc(N[C@@H]4CCCC(F)(F)[C@@H]4N)cnc3C(N)=O)cc21. The molecule has 0 radical (unpaired) electrons. The van der Waals surface area contributed by atoms with Gasteiger partial charge in [-0.3, -0.25) is 9.59 Å². The van der Waals surface area contributed by atoms with Crippen LogP contribution in [0.25, 0.3) is 0 Å². The van der Waals surface area contributed by atoms with Crippen LogP contribution in [0.5, 0.6) is 5.75 Å². The lowest BCUT2D eigenvalue weighted by atomic mass is 9.87. The number of hydrogen-bond donors (Lipinski definition) is 4. The highest BCUT2D eigenvalue weighted by atomic mass is 19.3. The van der Waals surface area contributed by atoms with Crippen molar-refractivity contribution < 1.29 is 23.1 Å². The number of carbonyl (C=O) groups excluding carboxylic acids is 2. The third-order valence-corrected chi connectivity index (χ3v) is 5.59. The topological polar surface area (TPSA) is 148 Å². The fraction of sp³-hybridized carbons (Fsp3) is 0.400. The summed E-state index contributed by atoms with van der Waals surface area (Å²) in [6.07, 6.45) is 1.76. The van der Waals surface area contributed by atoms with Gasteiger partial charge in [0.05, 0.1) is 17.9 Å². The van der Waals surface area contributed by atoms with E-state index in [-0.39, 0.29) is 36.3 Å². The molecule has 0 saturated heterocycles. The number of aromatic nitrogens is 2. The Morgan fingerprint density at radius 2 is 2.16 bits per heavy atom. The summed E-state index contributed by atoms with van der Waals surface area (Å²) in [4.78, 5) is 33.5. The monoisotopic (exact) mass is 447 g/mol. The van der Waals surface area contributed by atoms with E-state index in [0.717, 1.165) is 0 Å². The molecule has 0 spiro atoms. The molecule has 0 unspecified atom stereocenters. The van der Waals surface area contributed by atoms with Gasteiger partial charge in [0.15, 0.2) is 18.1 Å². The molecule has 0 bridgehead atoms. The molecular weight excluding hydrogens is 424 g/mol. The molecule has 1 aliphatic heterocycles. The Labute approximate surface area is 182 Å². The van der Waals surface area contributed by atoms with Crippen molar-refractivity contribution in [2.45, 2.75) is 37.3 Å². The van der Waals surface area contributed by atoms with Gasteiger partial charge in [0, 0.05) is 25.2 Å². The number of anilines is 4. The average Bonchev–Trinajstić information content (AvgIpc) is 2.74. The zero-order valence-corrected chi connectivity index (χ0v) is 17.3. The van der Waals surface area contributed by atoms with Crippen molar-refractivity contribution in [2.75, 3.05) is 29.2 Å². The Hall–Kier alpha value is -3.54. The number of hydrogen-bond acceptors (Lipinski definition) is 8. The zero-order valence-electron chi connectivity index (χ0n) is 17.3. The van der Waals surface area contributed by atoms with E-state index in [2.05, 4.69) is 20.6 Å². The second-order valence-corrected chi connectivity index (χ2v) is 7.80. The maximum Gasteiger partial charge on any atom is 0.271 e. The van der Waals surface area contributed by atoms with E-state index >= 15 is 0 Å². The van der Waals surface area contributed by atoms with E-state index in [1.165, 1.54) is 11.1 Å². The summed E-state index contributed by atoms with van der Waals surface area (Å²) < 4.78 is 33.3. The Morgan fingerprint density at radius 3 is 2.91 bits per heavy atom. The minimum atomic E-state index is -2.98. The number of primary amides is 1. The summed E-state index contributed by atoms with van der Waals surface area (Å²) in [7, 11) is 1.62. The van der Waals surface area contributed by atoms with Crippen LogP contribution in [0.4, 0.5) is 31.8 Å². The first-order chi connectivity index (χ1) is 15.2. The Bertz CT molecular complexity index is 1070. The number of carbonyl (C=O) groups is 2. The Kier molecular flexibility index (Phi) is 5.55. The number of likely N-dealkylation sites (N-methyl/N-ethyl adjacent to an activating group) is 1. The standard InChI is InChI=1S/C20H23F2N7O3/c1-29-12-7-10(4-5-13(12)32-9-15(29)30)26-19-16(18(24)31)25-8-14(28-19)27-11-3-2-6-20(21,22)17(11)23/h4-5,7-8,11,17H,2-3,6,9,23H2,1H3,(H2,24,31)(H2,26,27,28)/t11-,17-/m1/s1. The summed E-state index contributed by atoms with van der Waals surface area (Å²) in [5.41, 5.74) is 12.0. The second kappa shape index (κ2) is 8.19. The maximum atomic E-state index is 14.0. The molecule has 2 atom stereocenters. The van der Waals surface area contributed by atoms with Gasteiger partial charge in [-0.15, -0.1) is 0 Å². The molecule has 12 heteroatoms. The van der Waals surface area contributed by atoms with Crippen molar-refractivity contribution in [1.82, 2.24) is 9.97 Å². The van der Waals surface area contributed by atoms with Crippen molar-refractivity contribution in [2.24, 2.45) is 11.5 Å². The van der Waals surface area contributed by atoms with E-state index in [1.807, 2.05) is 0 Å². The molecule has 2 amide bonds. The molecule has 2 aromatic rings. The van der Waals surface area contributed by atoms with E-state index in [1.54, 1.807) is 25.2 Å². The number of benzene rings is 1. The van der Waals surface area contributed by atoms with Gasteiger partial charge >= 0.3 is 0 Å². The summed E-state index contributed by atoms with van der Waals surface area (Å²) in [5, 5.41) is 5.85. The molecule has 2 heterocycles. The number of halogens is 2. The average molecular weight is 447 g/mol. The molecule has 10 nitrogen and oxygen atoms in total. The quantitative estimate of drug-likeness (QED) is 0.540. The van der Waals surface area contributed by atoms with Crippen molar-refractivity contribution in [1.29, 1.82) is 0 Å². The highest BCUT2D eigenvalue weighted by Crippen LogP contribution is 2.36. The Balaban J connectivity index is 1.61. The third-order valence-electron chi connectivity index (χ3n) is 5.59. The van der Waals surface area contributed by atoms with Crippen molar-refractivity contribution in [3.8, 4) is 5.75 Å². The number of fused-ring (bicyclic) bond motifs is 1. The van der Waals surface area contributed by atoms with Crippen LogP contribution in [0.15, 0.2) is 24.4 Å². The van der Waals surface area contributed by atoms with Crippen molar-refractivity contribution >= 4 is 34.8 Å². The normalized spacial score (nSPS) is 22.0. The molecule has 32 heavy (non-hydrogen) atoms. The largest absolute Gasteiger partial charge is 0.482 e. The van der Waals surface area contributed by atoms with E-state index < -0.39 is 23.9 Å². The van der Waals surface area contributed by atoms with Crippen LogP contribution in [0.3, 0.4) is 0 Å². The Morgan fingerprint density at radius 1 is 1.38 bits per heavy atom. The predicted molar refractivity (Wildman–Crippen MR) is 113 cm³/mol. The maximum absolute atomic E-state index is 14.0. The highest BCUT2D eigenvalue weighted by Gasteiger charge is 2.44. The van der Waals surface area contributed by atoms with Crippen LogP contribution in [-0.4, -0.2) is 53.4 Å². The summed E-state index contributed by atoms with van der Waals surface area (Å²) in [6.45, 7) is -0.0519. The minimum Gasteiger partial charge on any atom is -0.482 e. The number of rotatable bonds is 5. The van der Waals surface area contributed by atoms with Crippen LogP contribution in [-0.2, 0) is 4.79 Å². The molecule has 1 saturated carbocycles. The molecule has 1 aliphatic carbocycles. The first-order valence-electron chi connectivity index (χ1n) is 10.0. The molecule has 2 aliphatic rings. The van der Waals surface area contributed by atoms with Crippen LogP contribution in [0.1, 0.15) is 29.8 Å². The zero-order chi connectivity index (χ0) is 23.0. The first kappa shape index (κ1) is 21.7. The summed E-state index contributed by atoms with van der Waals surface area (Å²) >= 11 is 0. The molecule has 6 N–H and O–H groups in total. The minimum absolute atomic E-state index is 0.0318. The fourth-order valence-electron chi connectivity index (χ4n) is 3.76. The number of alkyl halides is 2. The first-order valence-corrected chi connectivity index (χ1v) is 10.0. The van der Waals surface area contributed by atoms with Gasteiger partial charge in [0.2, 0.25) is 0 Å². The lowest BCUT2D eigenvalue weighted by Crippen LogP contribution is -2.55. The molecule has 1 aromatic heterocycles. The van der Waals surface area contributed by atoms with Crippen LogP contribution in [0, 0.1) is 0 Å². The summed E-state index contributed by atoms with van der Waals surface area (Å²) in [5.74, 6) is -3.28. The lowest BCUT2D eigenvalue weighted by molar-refractivity contribution is -0.120.